The van der Waals surface area contributed by atoms with E-state index in [1.165, 1.54) is 0 Å². The molecule has 0 radical (unpaired) electrons. The normalized spacial score (nSPS) is 11.9. The quantitative estimate of drug-likeness (QED) is 0.844. The van der Waals surface area contributed by atoms with Crippen molar-refractivity contribution in [2.45, 2.75) is 25.8 Å². The number of hydrogen-bond acceptors (Lipinski definition) is 3. The van der Waals surface area contributed by atoms with E-state index >= 15 is 0 Å². The highest BCUT2D eigenvalue weighted by Crippen LogP contribution is 2.27. The molecule has 0 fully saturated rings. The first-order valence-electron chi connectivity index (χ1n) is 5.20. The minimum absolute atomic E-state index is 0.0564. The van der Waals surface area contributed by atoms with Gasteiger partial charge in [0.15, 0.2) is 0 Å². The van der Waals surface area contributed by atoms with Gasteiger partial charge in [0.1, 0.15) is 5.75 Å². The van der Waals surface area contributed by atoms with Crippen LogP contribution in [0.25, 0.3) is 0 Å². The molecule has 4 heteroatoms. The summed E-state index contributed by atoms with van der Waals surface area (Å²) in [6.07, 6.45) is 1.25. The summed E-state index contributed by atoms with van der Waals surface area (Å²) in [6, 6.07) is 7.84. The van der Waals surface area contributed by atoms with E-state index in [1.807, 2.05) is 25.1 Å². The molecule has 0 aromatic heterocycles. The zero-order valence-electron chi connectivity index (χ0n) is 9.24. The highest BCUT2D eigenvalue weighted by Gasteiger charge is 2.08. The van der Waals surface area contributed by atoms with E-state index in [0.717, 1.165) is 22.2 Å². The van der Waals surface area contributed by atoms with Crippen molar-refractivity contribution in [3.05, 3.63) is 28.2 Å². The van der Waals surface area contributed by atoms with Crippen molar-refractivity contribution in [3.63, 3.8) is 0 Å². The molecular formula is C12H15BrN2O. The zero-order valence-corrected chi connectivity index (χ0v) is 10.8. The van der Waals surface area contributed by atoms with Crippen molar-refractivity contribution in [2.24, 2.45) is 5.73 Å². The Labute approximate surface area is 104 Å². The maximum absolute atomic E-state index is 8.42. The molecule has 0 aliphatic rings. The molecule has 1 atom stereocenters. The highest BCUT2D eigenvalue weighted by molar-refractivity contribution is 9.10. The number of nitrogens with zero attached hydrogens (tertiary/aromatic N) is 1. The zero-order chi connectivity index (χ0) is 12.0. The summed E-state index contributed by atoms with van der Waals surface area (Å²) in [4.78, 5) is 0. The Morgan fingerprint density at radius 2 is 2.31 bits per heavy atom. The van der Waals surface area contributed by atoms with E-state index in [9.17, 15) is 0 Å². The number of hydrogen-bond donors (Lipinski definition) is 1. The number of nitriles is 1. The molecule has 0 saturated heterocycles. The molecule has 1 aromatic rings. The van der Waals surface area contributed by atoms with Crippen LogP contribution in [0.3, 0.4) is 0 Å². The number of ether oxygens (including phenoxy) is 1. The van der Waals surface area contributed by atoms with Crippen molar-refractivity contribution in [1.29, 1.82) is 5.26 Å². The van der Waals surface area contributed by atoms with Gasteiger partial charge in [-0.3, -0.25) is 0 Å². The second-order valence-corrected chi connectivity index (χ2v) is 4.50. The fourth-order valence-electron chi connectivity index (χ4n) is 1.34. The molecule has 1 aromatic carbocycles. The summed E-state index contributed by atoms with van der Waals surface area (Å²) in [7, 11) is 0. The van der Waals surface area contributed by atoms with Crippen LogP contribution in [0, 0.1) is 11.3 Å². The van der Waals surface area contributed by atoms with E-state index in [-0.39, 0.29) is 6.04 Å². The molecule has 86 valence electrons. The van der Waals surface area contributed by atoms with E-state index < -0.39 is 0 Å². The topological polar surface area (TPSA) is 59.0 Å². The second-order valence-electron chi connectivity index (χ2n) is 3.58. The summed E-state index contributed by atoms with van der Waals surface area (Å²) in [5.41, 5.74) is 6.83. The van der Waals surface area contributed by atoms with Crippen LogP contribution in [0.1, 0.15) is 31.4 Å². The highest BCUT2D eigenvalue weighted by atomic mass is 79.9. The van der Waals surface area contributed by atoms with Crippen LogP contribution in [0.4, 0.5) is 0 Å². The van der Waals surface area contributed by atoms with Gasteiger partial charge in [-0.1, -0.05) is 22.0 Å². The van der Waals surface area contributed by atoms with Gasteiger partial charge >= 0.3 is 0 Å². The predicted octanol–water partition coefficient (Wildman–Crippen LogP) is 3.15. The summed E-state index contributed by atoms with van der Waals surface area (Å²) >= 11 is 3.39. The third-order valence-electron chi connectivity index (χ3n) is 2.16. The van der Waals surface area contributed by atoms with E-state index in [2.05, 4.69) is 22.0 Å². The monoisotopic (exact) mass is 282 g/mol. The van der Waals surface area contributed by atoms with Crippen molar-refractivity contribution < 1.29 is 4.74 Å². The van der Waals surface area contributed by atoms with Crippen LogP contribution in [-0.2, 0) is 0 Å². The first-order chi connectivity index (χ1) is 7.65. The number of rotatable bonds is 5. The first-order valence-corrected chi connectivity index (χ1v) is 5.99. The molecule has 0 spiro atoms. The molecule has 0 amide bonds. The van der Waals surface area contributed by atoms with Crippen molar-refractivity contribution >= 4 is 15.9 Å². The molecule has 3 nitrogen and oxygen atoms in total. The van der Waals surface area contributed by atoms with E-state index in [4.69, 9.17) is 15.7 Å². The largest absolute Gasteiger partial charge is 0.493 e. The number of nitrogens with two attached hydrogens (primary N) is 1. The lowest BCUT2D eigenvalue weighted by atomic mass is 10.1. The molecule has 2 N–H and O–H groups in total. The van der Waals surface area contributed by atoms with Crippen molar-refractivity contribution in [2.75, 3.05) is 6.61 Å². The van der Waals surface area contributed by atoms with Gasteiger partial charge in [0, 0.05) is 22.5 Å². The van der Waals surface area contributed by atoms with Crippen LogP contribution >= 0.6 is 15.9 Å². The second kappa shape index (κ2) is 6.51. The molecule has 0 heterocycles. The lowest BCUT2D eigenvalue weighted by Crippen LogP contribution is -2.08. The number of unbranched alkanes of at least 4 members (excludes halogenated alkanes) is 1. The number of halogens is 1. The Kier molecular flexibility index (Phi) is 5.30. The van der Waals surface area contributed by atoms with Crippen LogP contribution in [-0.4, -0.2) is 6.61 Å². The standard InChI is InChI=1S/C12H15BrN2O/c1-9(15)11-5-4-10(13)8-12(11)16-7-3-2-6-14/h4-5,8-9H,2-3,7,15H2,1H3/t9-/m0/s1. The van der Waals surface area contributed by atoms with Crippen molar-refractivity contribution in [3.8, 4) is 11.8 Å². The lowest BCUT2D eigenvalue weighted by molar-refractivity contribution is 0.308. The van der Waals surface area contributed by atoms with Gasteiger partial charge in [-0.2, -0.15) is 5.26 Å². The molecule has 0 unspecified atom stereocenters. The minimum atomic E-state index is -0.0564. The Morgan fingerprint density at radius 3 is 2.94 bits per heavy atom. The van der Waals surface area contributed by atoms with Gasteiger partial charge in [0.05, 0.1) is 12.7 Å². The van der Waals surface area contributed by atoms with E-state index in [1.54, 1.807) is 0 Å². The molecule has 1 rings (SSSR count). The predicted molar refractivity (Wildman–Crippen MR) is 67.1 cm³/mol. The third-order valence-corrected chi connectivity index (χ3v) is 2.65. The minimum Gasteiger partial charge on any atom is -0.493 e. The van der Waals surface area contributed by atoms with Gasteiger partial charge in [-0.05, 0) is 25.5 Å². The van der Waals surface area contributed by atoms with Gasteiger partial charge in [-0.25, -0.2) is 0 Å². The molecule has 0 aliphatic heterocycles. The Hall–Kier alpha value is -1.05. The van der Waals surface area contributed by atoms with Gasteiger partial charge < -0.3 is 10.5 Å². The molecule has 0 saturated carbocycles. The van der Waals surface area contributed by atoms with E-state index in [0.29, 0.717) is 13.0 Å². The maximum Gasteiger partial charge on any atom is 0.125 e. The fourth-order valence-corrected chi connectivity index (χ4v) is 1.68. The average Bonchev–Trinajstić information content (AvgIpc) is 2.24. The average molecular weight is 283 g/mol. The van der Waals surface area contributed by atoms with Gasteiger partial charge in [-0.15, -0.1) is 0 Å². The number of benzene rings is 1. The molecular weight excluding hydrogens is 268 g/mol. The summed E-state index contributed by atoms with van der Waals surface area (Å²) in [6.45, 7) is 2.47. The maximum atomic E-state index is 8.42. The lowest BCUT2D eigenvalue weighted by Gasteiger charge is -2.14. The Bertz CT molecular complexity index is 385. The Morgan fingerprint density at radius 1 is 1.56 bits per heavy atom. The first kappa shape index (κ1) is 13.0. The molecule has 0 bridgehead atoms. The van der Waals surface area contributed by atoms with Crippen LogP contribution in [0.5, 0.6) is 5.75 Å². The Balaban J connectivity index is 2.69. The van der Waals surface area contributed by atoms with Crippen LogP contribution in [0.2, 0.25) is 0 Å². The summed E-state index contributed by atoms with van der Waals surface area (Å²) < 4.78 is 6.59. The fraction of sp³-hybridized carbons (Fsp3) is 0.417. The third kappa shape index (κ3) is 3.84. The molecule has 0 aliphatic carbocycles. The summed E-state index contributed by atoms with van der Waals surface area (Å²) in [5, 5.41) is 8.42. The van der Waals surface area contributed by atoms with Crippen molar-refractivity contribution in [1.82, 2.24) is 0 Å². The van der Waals surface area contributed by atoms with Gasteiger partial charge in [0.2, 0.25) is 0 Å². The summed E-state index contributed by atoms with van der Waals surface area (Å²) in [5.74, 6) is 0.794. The van der Waals surface area contributed by atoms with Gasteiger partial charge in [0.25, 0.3) is 0 Å². The molecule has 16 heavy (non-hydrogen) atoms. The smallest absolute Gasteiger partial charge is 0.125 e. The van der Waals surface area contributed by atoms with Crippen LogP contribution < -0.4 is 10.5 Å². The van der Waals surface area contributed by atoms with Crippen LogP contribution in [0.15, 0.2) is 22.7 Å². The SMILES string of the molecule is C[C@H](N)c1ccc(Br)cc1OCCCC#N.